The van der Waals surface area contributed by atoms with E-state index < -0.39 is 14.3 Å². The molecule has 1 aliphatic rings. The van der Waals surface area contributed by atoms with Crippen molar-refractivity contribution < 1.29 is 13.2 Å². The molecule has 0 aromatic heterocycles. The summed E-state index contributed by atoms with van der Waals surface area (Å²) >= 11 is 15.1. The number of carbonyl (C=O) groups is 1. The summed E-state index contributed by atoms with van der Waals surface area (Å²) in [6, 6.07) is 3.07. The Kier molecular flexibility index (Phi) is 4.38. The molecule has 1 unspecified atom stereocenters. The second-order valence-electron chi connectivity index (χ2n) is 4.02. The molecule has 4 nitrogen and oxygen atoms in total. The van der Waals surface area contributed by atoms with Crippen molar-refractivity contribution in [2.75, 3.05) is 11.4 Å². The van der Waals surface area contributed by atoms with Gasteiger partial charge in [-0.2, -0.15) is 0 Å². The van der Waals surface area contributed by atoms with Gasteiger partial charge in [0.2, 0.25) is 15.0 Å². The van der Waals surface area contributed by atoms with Crippen molar-refractivity contribution in [3.8, 4) is 0 Å². The Labute approximate surface area is 133 Å². The molecule has 0 radical (unpaired) electrons. The number of benzene rings is 1. The molecule has 1 fully saturated rings. The number of carbonyl (C=O) groups excluding carboxylic acids is 1. The van der Waals surface area contributed by atoms with Crippen LogP contribution in [0.3, 0.4) is 0 Å². The van der Waals surface area contributed by atoms with Crippen molar-refractivity contribution in [1.82, 2.24) is 0 Å². The number of nitrogens with zero attached hydrogens (tertiary/aromatic N) is 1. The number of rotatable bonds is 2. The average molecular weight is 408 g/mol. The van der Waals surface area contributed by atoms with Gasteiger partial charge in [0, 0.05) is 33.1 Å². The number of hydrogen-bond donors (Lipinski definition) is 0. The molecule has 0 saturated carbocycles. The van der Waals surface area contributed by atoms with Crippen molar-refractivity contribution >= 4 is 70.5 Å². The van der Waals surface area contributed by atoms with Gasteiger partial charge >= 0.3 is 0 Å². The van der Waals surface area contributed by atoms with Gasteiger partial charge in [0.15, 0.2) is 0 Å². The fourth-order valence-electron chi connectivity index (χ4n) is 1.87. The monoisotopic (exact) mass is 405 g/mol. The standard InChI is InChI=1S/C10H7BrCl3NO3S/c11-7-1-5(12)2-8(13)10(7)15-4-6(3-9(15)16)19(14,17)18/h1-2,6H,3-4H2. The quantitative estimate of drug-likeness (QED) is 0.706. The molecule has 1 heterocycles. The molecule has 1 aromatic rings. The molecule has 1 aliphatic heterocycles. The Morgan fingerprint density at radius 1 is 1.32 bits per heavy atom. The largest absolute Gasteiger partial charge is 0.308 e. The molecule has 1 aromatic carbocycles. The molecule has 1 amide bonds. The highest BCUT2D eigenvalue weighted by Gasteiger charge is 2.39. The highest BCUT2D eigenvalue weighted by Crippen LogP contribution is 2.39. The molecule has 0 spiro atoms. The van der Waals surface area contributed by atoms with Crippen LogP contribution in [0.25, 0.3) is 0 Å². The van der Waals surface area contributed by atoms with Crippen LogP contribution in [0.4, 0.5) is 5.69 Å². The van der Waals surface area contributed by atoms with Crippen molar-refractivity contribution in [2.45, 2.75) is 11.7 Å². The van der Waals surface area contributed by atoms with Gasteiger partial charge in [0.1, 0.15) is 5.25 Å². The van der Waals surface area contributed by atoms with Crippen LogP contribution in [0.15, 0.2) is 16.6 Å². The number of hydrogen-bond acceptors (Lipinski definition) is 3. The fourth-order valence-corrected chi connectivity index (χ4v) is 4.41. The van der Waals surface area contributed by atoms with Crippen molar-refractivity contribution in [2.24, 2.45) is 0 Å². The fraction of sp³-hybridized carbons (Fsp3) is 0.300. The third kappa shape index (κ3) is 3.19. The van der Waals surface area contributed by atoms with Crippen molar-refractivity contribution in [1.29, 1.82) is 0 Å². The van der Waals surface area contributed by atoms with Crippen LogP contribution in [-0.4, -0.2) is 26.1 Å². The van der Waals surface area contributed by atoms with Gasteiger partial charge in [-0.1, -0.05) is 23.2 Å². The third-order valence-electron chi connectivity index (χ3n) is 2.74. The average Bonchev–Trinajstić information content (AvgIpc) is 2.59. The van der Waals surface area contributed by atoms with Crippen LogP contribution >= 0.6 is 49.8 Å². The maximum Gasteiger partial charge on any atom is 0.237 e. The summed E-state index contributed by atoms with van der Waals surface area (Å²) in [4.78, 5) is 13.2. The smallest absolute Gasteiger partial charge is 0.237 e. The molecule has 1 saturated heterocycles. The maximum atomic E-state index is 11.9. The van der Waals surface area contributed by atoms with Gasteiger partial charge in [-0.3, -0.25) is 4.79 Å². The molecule has 2 rings (SSSR count). The Morgan fingerprint density at radius 3 is 2.42 bits per heavy atom. The van der Waals surface area contributed by atoms with E-state index in [4.69, 9.17) is 33.9 Å². The normalized spacial score (nSPS) is 20.1. The van der Waals surface area contributed by atoms with Crippen LogP contribution in [0.5, 0.6) is 0 Å². The molecule has 1 atom stereocenters. The van der Waals surface area contributed by atoms with E-state index in [-0.39, 0.29) is 23.9 Å². The minimum Gasteiger partial charge on any atom is -0.308 e. The molecule has 0 N–H and O–H groups in total. The van der Waals surface area contributed by atoms with Gasteiger partial charge < -0.3 is 4.90 Å². The molecule has 0 bridgehead atoms. The summed E-state index contributed by atoms with van der Waals surface area (Å²) in [6.07, 6.45) is -0.156. The zero-order chi connectivity index (χ0) is 14.4. The number of amides is 1. The molecule has 104 valence electrons. The number of anilines is 1. The van der Waals surface area contributed by atoms with Crippen molar-refractivity contribution in [3.05, 3.63) is 26.7 Å². The summed E-state index contributed by atoms with van der Waals surface area (Å²) in [5, 5.41) is -0.255. The van der Waals surface area contributed by atoms with E-state index in [0.29, 0.717) is 15.2 Å². The summed E-state index contributed by atoms with van der Waals surface area (Å²) < 4.78 is 23.1. The highest BCUT2D eigenvalue weighted by molar-refractivity contribution is 9.10. The first-order valence-electron chi connectivity index (χ1n) is 5.08. The first-order chi connectivity index (χ1) is 8.70. The SMILES string of the molecule is O=C1CC(S(=O)(=O)Cl)CN1c1c(Cl)cc(Cl)cc1Br. The minimum absolute atomic E-state index is 0.0232. The summed E-state index contributed by atoms with van der Waals surface area (Å²) in [7, 11) is 1.50. The second kappa shape index (κ2) is 5.41. The Morgan fingerprint density at radius 2 is 1.95 bits per heavy atom. The zero-order valence-electron chi connectivity index (χ0n) is 9.24. The van der Waals surface area contributed by atoms with Gasteiger partial charge in [-0.15, -0.1) is 0 Å². The molecule has 19 heavy (non-hydrogen) atoms. The molecule has 9 heteroatoms. The Bertz CT molecular complexity index is 626. The Hall–Kier alpha value is -0.0100. The van der Waals surface area contributed by atoms with Gasteiger partial charge in [0.25, 0.3) is 0 Å². The summed E-state index contributed by atoms with van der Waals surface area (Å²) in [5.74, 6) is -0.348. The van der Waals surface area contributed by atoms with Crippen LogP contribution in [0.2, 0.25) is 10.0 Å². The van der Waals surface area contributed by atoms with E-state index in [1.807, 2.05) is 0 Å². The lowest BCUT2D eigenvalue weighted by atomic mass is 10.3. The first-order valence-corrected chi connectivity index (χ1v) is 9.00. The van der Waals surface area contributed by atoms with Crippen LogP contribution < -0.4 is 4.90 Å². The number of halogens is 4. The molecule has 0 aliphatic carbocycles. The maximum absolute atomic E-state index is 11.9. The summed E-state index contributed by atoms with van der Waals surface area (Å²) in [6.45, 7) is -0.0232. The van der Waals surface area contributed by atoms with Gasteiger partial charge in [-0.05, 0) is 28.1 Å². The highest BCUT2D eigenvalue weighted by atomic mass is 79.9. The van der Waals surface area contributed by atoms with E-state index in [1.165, 1.54) is 11.0 Å². The van der Waals surface area contributed by atoms with E-state index in [9.17, 15) is 13.2 Å². The lowest BCUT2D eigenvalue weighted by Crippen LogP contribution is -2.27. The predicted octanol–water partition coefficient (Wildman–Crippen LogP) is 3.43. The zero-order valence-corrected chi connectivity index (χ0v) is 13.9. The predicted molar refractivity (Wildman–Crippen MR) is 79.7 cm³/mol. The molecular formula is C10H7BrCl3NO3S. The topological polar surface area (TPSA) is 54.5 Å². The van der Waals surface area contributed by atoms with E-state index in [2.05, 4.69) is 15.9 Å². The minimum atomic E-state index is -3.78. The van der Waals surface area contributed by atoms with E-state index >= 15 is 0 Å². The van der Waals surface area contributed by atoms with Crippen LogP contribution in [0.1, 0.15) is 6.42 Å². The van der Waals surface area contributed by atoms with Crippen LogP contribution in [-0.2, 0) is 13.8 Å². The van der Waals surface area contributed by atoms with E-state index in [0.717, 1.165) is 0 Å². The Balaban J connectivity index is 2.42. The van der Waals surface area contributed by atoms with Gasteiger partial charge in [0.05, 0.1) is 10.7 Å². The van der Waals surface area contributed by atoms with Crippen molar-refractivity contribution in [3.63, 3.8) is 0 Å². The second-order valence-corrected chi connectivity index (χ2v) is 8.63. The lowest BCUT2D eigenvalue weighted by Gasteiger charge is -2.19. The van der Waals surface area contributed by atoms with Crippen LogP contribution in [0, 0.1) is 0 Å². The lowest BCUT2D eigenvalue weighted by molar-refractivity contribution is -0.117. The molecular weight excluding hydrogens is 400 g/mol. The van der Waals surface area contributed by atoms with E-state index in [1.54, 1.807) is 6.07 Å². The van der Waals surface area contributed by atoms with Gasteiger partial charge in [-0.25, -0.2) is 8.42 Å². The third-order valence-corrected chi connectivity index (χ3v) is 5.72. The first kappa shape index (κ1) is 15.4. The summed E-state index contributed by atoms with van der Waals surface area (Å²) in [5.41, 5.74) is 0.402.